The van der Waals surface area contributed by atoms with Crippen LogP contribution >= 0.6 is 11.6 Å². The van der Waals surface area contributed by atoms with Crippen molar-refractivity contribution in [2.24, 2.45) is 11.8 Å². The molecule has 2 aliphatic heterocycles. The molecule has 1 aromatic rings. The summed E-state index contributed by atoms with van der Waals surface area (Å²) in [6, 6.07) is 4.55. The molecule has 0 aromatic heterocycles. The largest absolute Gasteiger partial charge is 0.377 e. The third-order valence-corrected chi connectivity index (χ3v) is 5.56. The number of carbonyl (C=O) groups is 1. The van der Waals surface area contributed by atoms with E-state index in [2.05, 4.69) is 17.3 Å². The number of ether oxygens (including phenoxy) is 1. The summed E-state index contributed by atoms with van der Waals surface area (Å²) < 4.78 is 19.7. The van der Waals surface area contributed by atoms with Gasteiger partial charge in [-0.15, -0.1) is 0 Å². The maximum absolute atomic E-state index is 13.8. The highest BCUT2D eigenvalue weighted by Gasteiger charge is 2.39. The molecule has 6 heteroatoms. The van der Waals surface area contributed by atoms with E-state index in [-0.39, 0.29) is 24.5 Å². The van der Waals surface area contributed by atoms with Crippen molar-refractivity contribution in [1.82, 2.24) is 10.2 Å². The third-order valence-electron chi connectivity index (χ3n) is 5.20. The fourth-order valence-electron chi connectivity index (χ4n) is 3.72. The first-order chi connectivity index (χ1) is 11.6. The molecule has 0 radical (unpaired) electrons. The topological polar surface area (TPSA) is 41.6 Å². The lowest BCUT2D eigenvalue weighted by Gasteiger charge is -2.34. The molecule has 1 aromatic carbocycles. The Balaban J connectivity index is 1.59. The number of piperidine rings is 1. The molecular formula is C18H24ClFN2O2. The van der Waals surface area contributed by atoms with Crippen molar-refractivity contribution in [1.29, 1.82) is 0 Å². The van der Waals surface area contributed by atoms with Crippen LogP contribution in [0.3, 0.4) is 0 Å². The van der Waals surface area contributed by atoms with E-state index >= 15 is 0 Å². The van der Waals surface area contributed by atoms with Gasteiger partial charge in [-0.3, -0.25) is 4.79 Å². The first kappa shape index (κ1) is 17.6. The number of benzene rings is 1. The Morgan fingerprint density at radius 2 is 2.12 bits per heavy atom. The van der Waals surface area contributed by atoms with Gasteiger partial charge in [-0.25, -0.2) is 4.39 Å². The van der Waals surface area contributed by atoms with Crippen molar-refractivity contribution >= 4 is 17.5 Å². The van der Waals surface area contributed by atoms with Crippen molar-refractivity contribution in [3.05, 3.63) is 34.6 Å². The second-order valence-electron chi connectivity index (χ2n) is 6.79. The second-order valence-corrected chi connectivity index (χ2v) is 7.20. The van der Waals surface area contributed by atoms with Crippen molar-refractivity contribution in [3.63, 3.8) is 0 Å². The number of hydrogen-bond acceptors (Lipinski definition) is 3. The summed E-state index contributed by atoms with van der Waals surface area (Å²) in [5, 5.41) is 3.18. The smallest absolute Gasteiger partial charge is 0.226 e. The number of carbonyl (C=O) groups excluding carboxylic acids is 1. The summed E-state index contributed by atoms with van der Waals surface area (Å²) in [6.07, 6.45) is 2.83. The van der Waals surface area contributed by atoms with Crippen molar-refractivity contribution in [3.8, 4) is 0 Å². The highest BCUT2D eigenvalue weighted by molar-refractivity contribution is 6.31. The van der Waals surface area contributed by atoms with E-state index in [0.29, 0.717) is 23.1 Å². The van der Waals surface area contributed by atoms with Crippen LogP contribution in [0.1, 0.15) is 24.8 Å². The fourth-order valence-corrected chi connectivity index (χ4v) is 3.95. The van der Waals surface area contributed by atoms with Crippen LogP contribution in [0, 0.1) is 17.7 Å². The number of nitrogens with zero attached hydrogens (tertiary/aromatic N) is 1. The van der Waals surface area contributed by atoms with E-state index in [1.54, 1.807) is 12.1 Å². The maximum atomic E-state index is 13.8. The van der Waals surface area contributed by atoms with Crippen LogP contribution in [0.2, 0.25) is 5.02 Å². The molecule has 2 heterocycles. The molecule has 0 unspecified atom stereocenters. The first-order valence-electron chi connectivity index (χ1n) is 8.57. The summed E-state index contributed by atoms with van der Waals surface area (Å²) >= 11 is 6.02. The molecule has 3 rings (SSSR count). The van der Waals surface area contributed by atoms with Crippen LogP contribution in [0.5, 0.6) is 0 Å². The summed E-state index contributed by atoms with van der Waals surface area (Å²) in [5.74, 6) is -0.173. The molecule has 1 amide bonds. The molecule has 2 aliphatic rings. The molecule has 24 heavy (non-hydrogen) atoms. The standard InChI is InChI=1S/C18H24ClFN2O2/c1-22-8-5-12(6-9-22)17-13(7-10-24-17)18(23)21-11-14-15(19)3-2-4-16(14)20/h2-4,12-13,17H,5-11H2,1H3,(H,21,23)/t13-,17+/m0/s1. The fraction of sp³-hybridized carbons (Fsp3) is 0.611. The van der Waals surface area contributed by atoms with Gasteiger partial charge in [0.05, 0.1) is 12.0 Å². The van der Waals surface area contributed by atoms with Crippen LogP contribution in [0.15, 0.2) is 18.2 Å². The molecule has 0 saturated carbocycles. The molecule has 0 aliphatic carbocycles. The molecule has 0 bridgehead atoms. The highest BCUT2D eigenvalue weighted by Crippen LogP contribution is 2.33. The lowest BCUT2D eigenvalue weighted by atomic mass is 9.84. The minimum Gasteiger partial charge on any atom is -0.377 e. The van der Waals surface area contributed by atoms with Gasteiger partial charge in [-0.05, 0) is 57.5 Å². The van der Waals surface area contributed by atoms with Gasteiger partial charge in [-0.1, -0.05) is 17.7 Å². The normalized spacial score (nSPS) is 25.8. The minimum absolute atomic E-state index is 0.0187. The van der Waals surface area contributed by atoms with Crippen molar-refractivity contribution < 1.29 is 13.9 Å². The molecule has 2 atom stereocenters. The van der Waals surface area contributed by atoms with Crippen LogP contribution in [-0.2, 0) is 16.1 Å². The quantitative estimate of drug-likeness (QED) is 0.904. The van der Waals surface area contributed by atoms with Crippen molar-refractivity contribution in [2.45, 2.75) is 31.9 Å². The predicted molar refractivity (Wildman–Crippen MR) is 91.3 cm³/mol. The highest BCUT2D eigenvalue weighted by atomic mass is 35.5. The summed E-state index contributed by atoms with van der Waals surface area (Å²) in [6.45, 7) is 2.82. The van der Waals surface area contributed by atoms with E-state index < -0.39 is 5.82 Å². The van der Waals surface area contributed by atoms with E-state index in [1.807, 2.05) is 0 Å². The molecule has 1 N–H and O–H groups in total. The van der Waals surface area contributed by atoms with Gasteiger partial charge in [0.2, 0.25) is 5.91 Å². The van der Waals surface area contributed by atoms with Gasteiger partial charge >= 0.3 is 0 Å². The van der Waals surface area contributed by atoms with Gasteiger partial charge in [0.15, 0.2) is 0 Å². The average Bonchev–Trinajstić information content (AvgIpc) is 3.04. The van der Waals surface area contributed by atoms with Gasteiger partial charge in [0.25, 0.3) is 0 Å². The molecule has 0 spiro atoms. The summed E-state index contributed by atoms with van der Waals surface area (Å²) in [4.78, 5) is 14.9. The Kier molecular flexibility index (Phi) is 5.74. The number of nitrogens with one attached hydrogen (secondary N) is 1. The summed E-state index contributed by atoms with van der Waals surface area (Å²) in [5.41, 5.74) is 0.335. The SMILES string of the molecule is CN1CCC([C@H]2OCC[C@@H]2C(=O)NCc2c(F)cccc2Cl)CC1. The van der Waals surface area contributed by atoms with Crippen LogP contribution < -0.4 is 5.32 Å². The lowest BCUT2D eigenvalue weighted by molar-refractivity contribution is -0.128. The Morgan fingerprint density at radius 1 is 1.38 bits per heavy atom. The van der Waals surface area contributed by atoms with E-state index in [9.17, 15) is 9.18 Å². The van der Waals surface area contributed by atoms with E-state index in [4.69, 9.17) is 16.3 Å². The predicted octanol–water partition coefficient (Wildman–Crippen LogP) is 2.84. The van der Waals surface area contributed by atoms with E-state index in [0.717, 1.165) is 32.4 Å². The molecule has 132 valence electrons. The van der Waals surface area contributed by atoms with Gasteiger partial charge < -0.3 is 15.0 Å². The minimum atomic E-state index is -0.391. The monoisotopic (exact) mass is 354 g/mol. The van der Waals surface area contributed by atoms with Crippen molar-refractivity contribution in [2.75, 3.05) is 26.7 Å². The molecular weight excluding hydrogens is 331 g/mol. The van der Waals surface area contributed by atoms with Crippen LogP contribution in [0.4, 0.5) is 4.39 Å². The number of rotatable bonds is 4. The van der Waals surface area contributed by atoms with E-state index in [1.165, 1.54) is 6.07 Å². The first-order valence-corrected chi connectivity index (χ1v) is 8.95. The summed E-state index contributed by atoms with van der Waals surface area (Å²) in [7, 11) is 2.12. The molecule has 2 saturated heterocycles. The number of likely N-dealkylation sites (tertiary alicyclic amines) is 1. The molecule has 4 nitrogen and oxygen atoms in total. The average molecular weight is 355 g/mol. The van der Waals surface area contributed by atoms with Gasteiger partial charge in [0.1, 0.15) is 5.82 Å². The lowest BCUT2D eigenvalue weighted by Crippen LogP contribution is -2.42. The maximum Gasteiger partial charge on any atom is 0.226 e. The molecule has 2 fully saturated rings. The number of halogens is 2. The number of hydrogen-bond donors (Lipinski definition) is 1. The Labute approximate surface area is 147 Å². The third kappa shape index (κ3) is 3.90. The van der Waals surface area contributed by atoms with Crippen LogP contribution in [0.25, 0.3) is 0 Å². The Bertz CT molecular complexity index is 570. The van der Waals surface area contributed by atoms with Gasteiger partial charge in [0, 0.05) is 23.7 Å². The number of amides is 1. The zero-order valence-corrected chi connectivity index (χ0v) is 14.7. The second kappa shape index (κ2) is 7.81. The Morgan fingerprint density at radius 3 is 2.83 bits per heavy atom. The Hall–Kier alpha value is -1.17. The van der Waals surface area contributed by atoms with Crippen LogP contribution in [-0.4, -0.2) is 43.7 Å². The van der Waals surface area contributed by atoms with Gasteiger partial charge in [-0.2, -0.15) is 0 Å². The zero-order chi connectivity index (χ0) is 17.1. The zero-order valence-electron chi connectivity index (χ0n) is 13.9.